The molecule has 2 aromatic rings. The monoisotopic (exact) mass is 281 g/mol. The fourth-order valence-corrected chi connectivity index (χ4v) is 2.33. The highest BCUT2D eigenvalue weighted by Crippen LogP contribution is 2.20. The van der Waals surface area contributed by atoms with Gasteiger partial charge in [0.15, 0.2) is 0 Å². The van der Waals surface area contributed by atoms with Gasteiger partial charge in [0.1, 0.15) is 10.7 Å². The van der Waals surface area contributed by atoms with Crippen LogP contribution in [0.2, 0.25) is 0 Å². The zero-order valence-electron chi connectivity index (χ0n) is 11.1. The van der Waals surface area contributed by atoms with Crippen LogP contribution in [0, 0.1) is 12.7 Å². The molecule has 19 heavy (non-hydrogen) atoms. The minimum atomic E-state index is -0.965. The number of carbonyl (C=O) groups is 1. The summed E-state index contributed by atoms with van der Waals surface area (Å²) in [5.74, 6) is -1.27. The van der Waals surface area contributed by atoms with Gasteiger partial charge in [0, 0.05) is 6.42 Å². The Morgan fingerprint density at radius 3 is 2.42 bits per heavy atom. The summed E-state index contributed by atoms with van der Waals surface area (Å²) < 4.78 is 12.7. The van der Waals surface area contributed by atoms with Gasteiger partial charge in [-0.2, -0.15) is 0 Å². The van der Waals surface area contributed by atoms with Gasteiger partial charge < -0.3 is 5.11 Å². The maximum atomic E-state index is 12.7. The van der Waals surface area contributed by atoms with E-state index in [1.54, 1.807) is 19.1 Å². The Balaban J connectivity index is 0.000000861. The quantitative estimate of drug-likeness (QED) is 0.928. The summed E-state index contributed by atoms with van der Waals surface area (Å²) in [6, 6.07) is 5.98. The highest BCUT2D eigenvalue weighted by atomic mass is 32.1. The Bertz CT molecular complexity index is 549. The third-order valence-corrected chi connectivity index (χ3v) is 3.28. The van der Waals surface area contributed by atoms with Crippen molar-refractivity contribution in [3.63, 3.8) is 0 Å². The second-order valence-electron chi connectivity index (χ2n) is 3.62. The molecule has 0 atom stereocenters. The van der Waals surface area contributed by atoms with Gasteiger partial charge >= 0.3 is 5.97 Å². The fourth-order valence-electron chi connectivity index (χ4n) is 1.55. The number of benzene rings is 1. The molecule has 0 aliphatic rings. The lowest BCUT2D eigenvalue weighted by Gasteiger charge is -1.99. The van der Waals surface area contributed by atoms with E-state index < -0.39 is 5.97 Å². The largest absolute Gasteiger partial charge is 0.477 e. The number of aromatic nitrogens is 1. The number of rotatable bonds is 3. The van der Waals surface area contributed by atoms with Crippen molar-refractivity contribution < 1.29 is 14.3 Å². The summed E-state index contributed by atoms with van der Waals surface area (Å²) in [6.45, 7) is 5.77. The molecule has 2 rings (SSSR count). The van der Waals surface area contributed by atoms with Crippen LogP contribution >= 0.6 is 11.3 Å². The second kappa shape index (κ2) is 6.99. The summed E-state index contributed by atoms with van der Waals surface area (Å²) in [7, 11) is 0. The third-order valence-electron chi connectivity index (χ3n) is 2.28. The molecule has 0 saturated heterocycles. The van der Waals surface area contributed by atoms with E-state index in [0.717, 1.165) is 21.9 Å². The number of halogens is 1. The summed E-state index contributed by atoms with van der Waals surface area (Å²) in [4.78, 5) is 15.4. The van der Waals surface area contributed by atoms with Crippen LogP contribution in [0.15, 0.2) is 24.3 Å². The lowest BCUT2D eigenvalue weighted by Crippen LogP contribution is -2.00. The molecule has 0 bridgehead atoms. The average molecular weight is 281 g/mol. The molecule has 1 N–H and O–H groups in total. The molecular formula is C14H16FNO2S. The number of nitrogens with zero attached hydrogens (tertiary/aromatic N) is 1. The molecular weight excluding hydrogens is 265 g/mol. The van der Waals surface area contributed by atoms with Crippen LogP contribution in [-0.2, 0) is 6.42 Å². The van der Waals surface area contributed by atoms with Gasteiger partial charge in [-0.1, -0.05) is 26.0 Å². The Kier molecular flexibility index (Phi) is 5.63. The average Bonchev–Trinajstić information content (AvgIpc) is 2.76. The molecule has 0 aliphatic heterocycles. The van der Waals surface area contributed by atoms with E-state index in [-0.39, 0.29) is 10.7 Å². The van der Waals surface area contributed by atoms with E-state index in [2.05, 4.69) is 4.98 Å². The van der Waals surface area contributed by atoms with E-state index in [0.29, 0.717) is 12.1 Å². The van der Waals surface area contributed by atoms with Crippen molar-refractivity contribution in [2.75, 3.05) is 0 Å². The van der Waals surface area contributed by atoms with Crippen molar-refractivity contribution in [2.45, 2.75) is 27.2 Å². The first kappa shape index (κ1) is 15.3. The number of carboxylic acid groups (broad SMARTS) is 1. The number of aromatic carboxylic acids is 1. The maximum absolute atomic E-state index is 12.7. The van der Waals surface area contributed by atoms with E-state index in [1.165, 1.54) is 12.1 Å². The fraction of sp³-hybridized carbons (Fsp3) is 0.286. The van der Waals surface area contributed by atoms with E-state index in [1.807, 2.05) is 13.8 Å². The molecule has 102 valence electrons. The summed E-state index contributed by atoms with van der Waals surface area (Å²) in [5, 5.41) is 9.73. The van der Waals surface area contributed by atoms with Gasteiger partial charge in [-0.15, -0.1) is 11.3 Å². The number of carboxylic acids is 1. The molecule has 1 heterocycles. The third kappa shape index (κ3) is 4.13. The molecule has 0 spiro atoms. The lowest BCUT2D eigenvalue weighted by molar-refractivity contribution is 0.0701. The molecule has 0 aliphatic carbocycles. The molecule has 3 nitrogen and oxygen atoms in total. The predicted octanol–water partition coefficient (Wildman–Crippen LogP) is 3.91. The first-order chi connectivity index (χ1) is 9.06. The van der Waals surface area contributed by atoms with Gasteiger partial charge in [-0.3, -0.25) is 0 Å². The van der Waals surface area contributed by atoms with Crippen LogP contribution in [0.4, 0.5) is 4.39 Å². The van der Waals surface area contributed by atoms with Crippen LogP contribution < -0.4 is 0 Å². The standard InChI is InChI=1S/C12H10FNO2S.C2H6/c1-7-14-10(11(17-7)12(15)16)6-8-2-4-9(13)5-3-8;1-2/h2-5H,6H2,1H3,(H,15,16);1-2H3. The number of hydrogen-bond donors (Lipinski definition) is 1. The second-order valence-corrected chi connectivity index (χ2v) is 4.82. The van der Waals surface area contributed by atoms with E-state index >= 15 is 0 Å². The zero-order chi connectivity index (χ0) is 14.4. The minimum Gasteiger partial charge on any atom is -0.477 e. The van der Waals surface area contributed by atoms with Crippen LogP contribution in [0.3, 0.4) is 0 Å². The van der Waals surface area contributed by atoms with Gasteiger partial charge in [-0.05, 0) is 24.6 Å². The first-order valence-electron chi connectivity index (χ1n) is 6.00. The van der Waals surface area contributed by atoms with Crippen molar-refractivity contribution >= 4 is 17.3 Å². The Morgan fingerprint density at radius 1 is 1.32 bits per heavy atom. The molecule has 0 fully saturated rings. The Hall–Kier alpha value is -1.75. The van der Waals surface area contributed by atoms with Crippen molar-refractivity contribution in [1.29, 1.82) is 0 Å². The number of thiazole rings is 1. The normalized spacial score (nSPS) is 9.68. The van der Waals surface area contributed by atoms with Crippen LogP contribution in [0.25, 0.3) is 0 Å². The molecule has 0 saturated carbocycles. The summed E-state index contributed by atoms with van der Waals surface area (Å²) in [5.41, 5.74) is 1.38. The molecule has 0 unspecified atom stereocenters. The molecule has 1 aromatic carbocycles. The molecule has 0 radical (unpaired) electrons. The van der Waals surface area contributed by atoms with Crippen molar-refractivity contribution in [3.8, 4) is 0 Å². The highest BCUT2D eigenvalue weighted by Gasteiger charge is 2.15. The van der Waals surface area contributed by atoms with Crippen molar-refractivity contribution in [3.05, 3.63) is 51.2 Å². The van der Waals surface area contributed by atoms with Crippen molar-refractivity contribution in [1.82, 2.24) is 4.98 Å². The SMILES string of the molecule is CC.Cc1nc(Cc2ccc(F)cc2)c(C(=O)O)s1. The van der Waals surface area contributed by atoms with Crippen LogP contribution in [0.5, 0.6) is 0 Å². The smallest absolute Gasteiger partial charge is 0.347 e. The van der Waals surface area contributed by atoms with E-state index in [4.69, 9.17) is 5.11 Å². The van der Waals surface area contributed by atoms with E-state index in [9.17, 15) is 9.18 Å². The maximum Gasteiger partial charge on any atom is 0.347 e. The highest BCUT2D eigenvalue weighted by molar-refractivity contribution is 7.13. The number of hydrogen-bond acceptors (Lipinski definition) is 3. The van der Waals surface area contributed by atoms with Gasteiger partial charge in [-0.25, -0.2) is 14.2 Å². The first-order valence-corrected chi connectivity index (χ1v) is 6.82. The Morgan fingerprint density at radius 2 is 1.89 bits per heavy atom. The zero-order valence-corrected chi connectivity index (χ0v) is 11.9. The summed E-state index contributed by atoms with van der Waals surface area (Å²) in [6.07, 6.45) is 0.409. The van der Waals surface area contributed by atoms with Crippen LogP contribution in [-0.4, -0.2) is 16.1 Å². The van der Waals surface area contributed by atoms with Crippen molar-refractivity contribution in [2.24, 2.45) is 0 Å². The van der Waals surface area contributed by atoms with Gasteiger partial charge in [0.2, 0.25) is 0 Å². The molecule has 0 amide bonds. The topological polar surface area (TPSA) is 50.2 Å². The molecule has 1 aromatic heterocycles. The summed E-state index contributed by atoms with van der Waals surface area (Å²) >= 11 is 1.16. The predicted molar refractivity (Wildman–Crippen MR) is 74.4 cm³/mol. The Labute approximate surface area is 115 Å². The minimum absolute atomic E-state index is 0.256. The molecule has 5 heteroatoms. The van der Waals surface area contributed by atoms with Gasteiger partial charge in [0.25, 0.3) is 0 Å². The van der Waals surface area contributed by atoms with Gasteiger partial charge in [0.05, 0.1) is 10.7 Å². The van der Waals surface area contributed by atoms with Crippen LogP contribution in [0.1, 0.15) is 39.8 Å². The number of aryl methyl sites for hydroxylation is 1. The lowest BCUT2D eigenvalue weighted by atomic mass is 10.1.